The van der Waals surface area contributed by atoms with E-state index in [-0.39, 0.29) is 30.5 Å². The summed E-state index contributed by atoms with van der Waals surface area (Å²) < 4.78 is 0. The van der Waals surface area contributed by atoms with Gasteiger partial charge in [0, 0.05) is 13.0 Å². The molecule has 1 fully saturated rings. The molecule has 10 heteroatoms. The summed E-state index contributed by atoms with van der Waals surface area (Å²) >= 11 is 0. The maximum Gasteiger partial charge on any atom is 0.305 e. The number of rotatable bonds is 10. The fraction of sp³-hybridized carbons (Fsp3) is 0.476. The Hall–Kier alpha value is -3.43. The van der Waals surface area contributed by atoms with Crippen LogP contribution in [0.2, 0.25) is 0 Å². The van der Waals surface area contributed by atoms with E-state index in [1.54, 1.807) is 12.1 Å². The molecule has 4 N–H and O–H groups in total. The number of aryl methyl sites for hydroxylation is 1. The van der Waals surface area contributed by atoms with Crippen LogP contribution in [0.15, 0.2) is 24.3 Å². The number of hydrogen-bond donors (Lipinski definition) is 4. The summed E-state index contributed by atoms with van der Waals surface area (Å²) in [6, 6.07) is 4.60. The van der Waals surface area contributed by atoms with Crippen LogP contribution in [0.4, 0.5) is 0 Å². The summed E-state index contributed by atoms with van der Waals surface area (Å²) in [7, 11) is 0. The first-order chi connectivity index (χ1) is 14.8. The predicted molar refractivity (Wildman–Crippen MR) is 109 cm³/mol. The number of carboxylic acid groups (broad SMARTS) is 1. The molecular weight excluding hydrogens is 406 g/mol. The molecule has 0 spiro atoms. The highest BCUT2D eigenvalue weighted by molar-refractivity contribution is 5.91. The van der Waals surface area contributed by atoms with Gasteiger partial charge in [-0.15, -0.1) is 0 Å². The van der Waals surface area contributed by atoms with Crippen molar-refractivity contribution in [2.45, 2.75) is 50.6 Å². The molecule has 0 bridgehead atoms. The second-order valence-corrected chi connectivity index (χ2v) is 7.45. The average molecular weight is 433 g/mol. The van der Waals surface area contributed by atoms with Crippen molar-refractivity contribution in [1.29, 1.82) is 0 Å². The van der Waals surface area contributed by atoms with E-state index < -0.39 is 30.4 Å². The molecule has 0 aliphatic carbocycles. The minimum Gasteiger partial charge on any atom is -0.508 e. The highest BCUT2D eigenvalue weighted by Crippen LogP contribution is 2.14. The molecule has 1 aliphatic heterocycles. The first kappa shape index (κ1) is 23.8. The third-order valence-corrected chi connectivity index (χ3v) is 4.93. The zero-order valence-corrected chi connectivity index (χ0v) is 17.1. The van der Waals surface area contributed by atoms with Gasteiger partial charge < -0.3 is 30.5 Å². The van der Waals surface area contributed by atoms with Crippen LogP contribution in [0.3, 0.4) is 0 Å². The van der Waals surface area contributed by atoms with Crippen molar-refractivity contribution in [3.05, 3.63) is 29.8 Å². The van der Waals surface area contributed by atoms with E-state index in [4.69, 9.17) is 5.11 Å². The number of aliphatic carboxylic acids is 1. The summed E-state index contributed by atoms with van der Waals surface area (Å²) in [5.41, 5.74) is 0.879. The van der Waals surface area contributed by atoms with Crippen molar-refractivity contribution in [1.82, 2.24) is 15.5 Å². The van der Waals surface area contributed by atoms with Gasteiger partial charge in [-0.3, -0.25) is 19.2 Å². The molecule has 1 saturated heterocycles. The van der Waals surface area contributed by atoms with E-state index in [1.165, 1.54) is 17.0 Å². The van der Waals surface area contributed by atoms with Gasteiger partial charge in [0.25, 0.3) is 0 Å². The van der Waals surface area contributed by atoms with Crippen molar-refractivity contribution < 1.29 is 34.2 Å². The van der Waals surface area contributed by atoms with Gasteiger partial charge >= 0.3 is 5.97 Å². The average Bonchev–Trinajstić information content (AvgIpc) is 2.88. The molecule has 168 valence electrons. The fourth-order valence-corrected chi connectivity index (χ4v) is 3.33. The molecule has 2 atom stereocenters. The number of phenolic OH excluding ortho intramolecular Hbond substituents is 1. The van der Waals surface area contributed by atoms with Gasteiger partial charge in [0.2, 0.25) is 17.7 Å². The summed E-state index contributed by atoms with van der Waals surface area (Å²) in [4.78, 5) is 60.2. The summed E-state index contributed by atoms with van der Waals surface area (Å²) in [5, 5.41) is 23.1. The zero-order chi connectivity index (χ0) is 22.8. The highest BCUT2D eigenvalue weighted by Gasteiger charge is 2.29. The number of aldehydes is 1. The quantitative estimate of drug-likeness (QED) is 0.378. The Labute approximate surface area is 179 Å². The fourth-order valence-electron chi connectivity index (χ4n) is 3.33. The van der Waals surface area contributed by atoms with E-state index in [1.807, 2.05) is 0 Å². The smallest absolute Gasteiger partial charge is 0.305 e. The molecule has 1 heterocycles. The molecule has 0 radical (unpaired) electrons. The van der Waals surface area contributed by atoms with Crippen LogP contribution < -0.4 is 10.6 Å². The van der Waals surface area contributed by atoms with Crippen molar-refractivity contribution in [2.24, 2.45) is 0 Å². The van der Waals surface area contributed by atoms with Gasteiger partial charge in [0.05, 0.1) is 19.0 Å². The Kier molecular flexibility index (Phi) is 8.98. The summed E-state index contributed by atoms with van der Waals surface area (Å²) in [5.74, 6) is -2.39. The van der Waals surface area contributed by atoms with Gasteiger partial charge in [-0.2, -0.15) is 0 Å². The Bertz CT molecular complexity index is 810. The largest absolute Gasteiger partial charge is 0.508 e. The van der Waals surface area contributed by atoms with E-state index in [9.17, 15) is 29.1 Å². The number of benzene rings is 1. The van der Waals surface area contributed by atoms with Crippen LogP contribution in [-0.2, 0) is 30.4 Å². The van der Waals surface area contributed by atoms with Gasteiger partial charge in [-0.05, 0) is 43.4 Å². The monoisotopic (exact) mass is 433 g/mol. The first-order valence-electron chi connectivity index (χ1n) is 10.1. The maximum absolute atomic E-state index is 12.8. The van der Waals surface area contributed by atoms with Crippen LogP contribution in [0.25, 0.3) is 0 Å². The van der Waals surface area contributed by atoms with E-state index in [2.05, 4.69) is 10.6 Å². The molecule has 2 rings (SSSR count). The molecule has 0 aromatic heterocycles. The van der Waals surface area contributed by atoms with Crippen LogP contribution >= 0.6 is 0 Å². The van der Waals surface area contributed by atoms with Crippen LogP contribution in [0, 0.1) is 0 Å². The molecule has 3 amide bonds. The lowest BCUT2D eigenvalue weighted by Gasteiger charge is -2.25. The third kappa shape index (κ3) is 8.07. The Morgan fingerprint density at radius 1 is 1.16 bits per heavy atom. The first-order valence-corrected chi connectivity index (χ1v) is 10.1. The number of nitrogens with zero attached hydrogens (tertiary/aromatic N) is 1. The number of hydrogen-bond acceptors (Lipinski definition) is 6. The van der Waals surface area contributed by atoms with Crippen LogP contribution in [0.5, 0.6) is 5.75 Å². The molecule has 1 aromatic carbocycles. The second-order valence-electron chi connectivity index (χ2n) is 7.45. The number of amides is 3. The van der Waals surface area contributed by atoms with Gasteiger partial charge in [0.1, 0.15) is 18.1 Å². The molecule has 1 aliphatic rings. The van der Waals surface area contributed by atoms with Crippen molar-refractivity contribution in [3.8, 4) is 5.75 Å². The number of carbonyl (C=O) groups is 5. The Morgan fingerprint density at radius 3 is 2.52 bits per heavy atom. The summed E-state index contributed by atoms with van der Waals surface area (Å²) in [6.45, 7) is 0.0134. The van der Waals surface area contributed by atoms with Crippen LogP contribution in [-0.4, -0.2) is 70.3 Å². The van der Waals surface area contributed by atoms with Gasteiger partial charge in [-0.25, -0.2) is 0 Å². The second kappa shape index (κ2) is 11.7. The molecule has 0 saturated carbocycles. The van der Waals surface area contributed by atoms with Crippen molar-refractivity contribution in [2.75, 3.05) is 13.1 Å². The number of phenols is 1. The molecule has 1 unspecified atom stereocenters. The Morgan fingerprint density at radius 2 is 1.87 bits per heavy atom. The van der Waals surface area contributed by atoms with Gasteiger partial charge in [0.15, 0.2) is 0 Å². The lowest BCUT2D eigenvalue weighted by Crippen LogP contribution is -2.51. The van der Waals surface area contributed by atoms with Gasteiger partial charge in [-0.1, -0.05) is 12.1 Å². The Balaban J connectivity index is 1.88. The lowest BCUT2D eigenvalue weighted by atomic mass is 10.1. The predicted octanol–water partition coefficient (Wildman–Crippen LogP) is -0.0195. The van der Waals surface area contributed by atoms with E-state index in [0.29, 0.717) is 38.5 Å². The van der Waals surface area contributed by atoms with Crippen molar-refractivity contribution >= 4 is 30.0 Å². The maximum atomic E-state index is 12.8. The number of carbonyl (C=O) groups excluding carboxylic acids is 4. The zero-order valence-electron chi connectivity index (χ0n) is 17.1. The molecule has 10 nitrogen and oxygen atoms in total. The van der Waals surface area contributed by atoms with E-state index >= 15 is 0 Å². The molecule has 1 aromatic rings. The van der Waals surface area contributed by atoms with E-state index in [0.717, 1.165) is 5.56 Å². The third-order valence-electron chi connectivity index (χ3n) is 4.93. The number of aromatic hydroxyl groups is 1. The minimum absolute atomic E-state index is 0.142. The number of nitrogens with one attached hydrogen (secondary N) is 2. The molecule has 31 heavy (non-hydrogen) atoms. The van der Waals surface area contributed by atoms with Crippen molar-refractivity contribution in [3.63, 3.8) is 0 Å². The lowest BCUT2D eigenvalue weighted by molar-refractivity contribution is -0.140. The number of carboxylic acids is 1. The topological polar surface area (TPSA) is 153 Å². The normalized spacial score (nSPS) is 17.4. The minimum atomic E-state index is -1.22. The highest BCUT2D eigenvalue weighted by atomic mass is 16.4. The summed E-state index contributed by atoms with van der Waals surface area (Å²) in [6.07, 6.45) is 2.24. The van der Waals surface area contributed by atoms with Crippen LogP contribution in [0.1, 0.15) is 37.7 Å². The standard InChI is InChI=1S/C21H27N3O7/c25-13-15(11-20(29)30)22-19(28)12-24-10-2-1-3-17(21(24)31)23-18(27)9-6-14-4-7-16(26)8-5-14/h4-5,7-8,13,15,17,26H,1-3,6,9-12H2,(H,22,28)(H,23,27)(H,29,30)/t15-,17?/m0/s1. The number of likely N-dealkylation sites (tertiary alicyclic amines) is 1. The SMILES string of the molecule is O=C[C@H](CC(=O)O)NC(=O)CN1CCCCC(NC(=O)CCc2ccc(O)cc2)C1=O. The molecular formula is C21H27N3O7.